The molecule has 0 radical (unpaired) electrons. The van der Waals surface area contributed by atoms with E-state index in [1.54, 1.807) is 6.92 Å². The predicted octanol–water partition coefficient (Wildman–Crippen LogP) is 4.44. The third kappa shape index (κ3) is 4.77. The van der Waals surface area contributed by atoms with Crippen LogP contribution in [0.25, 0.3) is 6.08 Å². The summed E-state index contributed by atoms with van der Waals surface area (Å²) in [6.45, 7) is 2.11. The molecule has 0 saturated heterocycles. The maximum absolute atomic E-state index is 13.6. The lowest BCUT2D eigenvalue weighted by atomic mass is 10.2. The van der Waals surface area contributed by atoms with Gasteiger partial charge in [0.15, 0.2) is 0 Å². The van der Waals surface area contributed by atoms with E-state index < -0.39 is 16.6 Å². The van der Waals surface area contributed by atoms with Gasteiger partial charge in [-0.05, 0) is 37.3 Å². The standard InChI is InChI=1S/C17H14ClFN2O4/c1-2-25-11-6-8-15(16(10-11)21(23)24)20-17(22)9-7-12-13(18)4-3-5-14(12)19/h3-10H,2H2,1H3,(H,20,22)/b9-7+. The van der Waals surface area contributed by atoms with Gasteiger partial charge in [-0.1, -0.05) is 17.7 Å². The van der Waals surface area contributed by atoms with Crippen molar-refractivity contribution in [3.63, 3.8) is 0 Å². The second kappa shape index (κ2) is 8.25. The molecule has 130 valence electrons. The molecule has 6 nitrogen and oxygen atoms in total. The minimum absolute atomic E-state index is 0.00253. The second-order valence-corrected chi connectivity index (χ2v) is 5.23. The number of nitro benzene ring substituents is 1. The fraction of sp³-hybridized carbons (Fsp3) is 0.118. The highest BCUT2D eigenvalue weighted by Gasteiger charge is 2.16. The molecule has 0 heterocycles. The van der Waals surface area contributed by atoms with Crippen molar-refractivity contribution in [2.45, 2.75) is 6.92 Å². The molecule has 0 aromatic heterocycles. The van der Waals surface area contributed by atoms with Crippen LogP contribution in [-0.4, -0.2) is 17.4 Å². The number of nitro groups is 1. The van der Waals surface area contributed by atoms with Gasteiger partial charge in [0.25, 0.3) is 5.69 Å². The third-order valence-electron chi connectivity index (χ3n) is 3.14. The number of nitrogens with zero attached hydrogens (tertiary/aromatic N) is 1. The Balaban J connectivity index is 2.20. The van der Waals surface area contributed by atoms with E-state index in [0.717, 1.165) is 6.08 Å². The monoisotopic (exact) mass is 364 g/mol. The first-order valence-electron chi connectivity index (χ1n) is 7.26. The van der Waals surface area contributed by atoms with Gasteiger partial charge in [-0.25, -0.2) is 4.39 Å². The van der Waals surface area contributed by atoms with E-state index in [9.17, 15) is 19.3 Å². The van der Waals surface area contributed by atoms with Crippen LogP contribution in [0.5, 0.6) is 5.75 Å². The molecular weight excluding hydrogens is 351 g/mol. The van der Waals surface area contributed by atoms with Crippen molar-refractivity contribution >= 4 is 35.0 Å². The number of carbonyl (C=O) groups excluding carboxylic acids is 1. The van der Waals surface area contributed by atoms with Crippen LogP contribution in [0.4, 0.5) is 15.8 Å². The van der Waals surface area contributed by atoms with Crippen LogP contribution in [0, 0.1) is 15.9 Å². The summed E-state index contributed by atoms with van der Waals surface area (Å²) >= 11 is 5.86. The molecule has 0 unspecified atom stereocenters. The molecule has 2 aromatic rings. The molecule has 0 atom stereocenters. The molecule has 0 aliphatic carbocycles. The summed E-state index contributed by atoms with van der Waals surface area (Å²) in [5.74, 6) is -0.920. The van der Waals surface area contributed by atoms with Crippen LogP contribution in [0.15, 0.2) is 42.5 Å². The van der Waals surface area contributed by atoms with Gasteiger partial charge in [0.1, 0.15) is 17.3 Å². The van der Waals surface area contributed by atoms with E-state index in [0.29, 0.717) is 12.4 Å². The highest BCUT2D eigenvalue weighted by Crippen LogP contribution is 2.29. The van der Waals surface area contributed by atoms with Crippen LogP contribution >= 0.6 is 11.6 Å². The lowest BCUT2D eigenvalue weighted by molar-refractivity contribution is -0.384. The van der Waals surface area contributed by atoms with Crippen molar-refractivity contribution in [3.05, 3.63) is 69.0 Å². The van der Waals surface area contributed by atoms with Gasteiger partial charge in [0, 0.05) is 11.6 Å². The van der Waals surface area contributed by atoms with Crippen molar-refractivity contribution in [3.8, 4) is 5.75 Å². The van der Waals surface area contributed by atoms with Crippen molar-refractivity contribution in [1.29, 1.82) is 0 Å². The molecule has 1 N–H and O–H groups in total. The summed E-state index contributed by atoms with van der Waals surface area (Å²) in [7, 11) is 0. The highest BCUT2D eigenvalue weighted by atomic mass is 35.5. The number of amides is 1. The fourth-order valence-electron chi connectivity index (χ4n) is 2.03. The van der Waals surface area contributed by atoms with Gasteiger partial charge >= 0.3 is 0 Å². The first-order valence-corrected chi connectivity index (χ1v) is 7.64. The Morgan fingerprint density at radius 1 is 1.40 bits per heavy atom. The average Bonchev–Trinajstić information content (AvgIpc) is 2.56. The zero-order valence-corrected chi connectivity index (χ0v) is 13.9. The quantitative estimate of drug-likeness (QED) is 0.467. The van der Waals surface area contributed by atoms with Crippen molar-refractivity contribution in [2.24, 2.45) is 0 Å². The largest absolute Gasteiger partial charge is 0.494 e. The minimum Gasteiger partial charge on any atom is -0.494 e. The Bertz CT molecular complexity index is 819. The van der Waals surface area contributed by atoms with Crippen LogP contribution in [-0.2, 0) is 4.79 Å². The maximum atomic E-state index is 13.6. The number of carbonyl (C=O) groups is 1. The second-order valence-electron chi connectivity index (χ2n) is 4.83. The van der Waals surface area contributed by atoms with Gasteiger partial charge in [0.05, 0.1) is 22.6 Å². The first kappa shape index (κ1) is 18.4. The number of benzene rings is 2. The molecule has 0 bridgehead atoms. The Labute approximate surface area is 148 Å². The molecule has 0 aliphatic heterocycles. The molecule has 0 aliphatic rings. The zero-order chi connectivity index (χ0) is 18.4. The highest BCUT2D eigenvalue weighted by molar-refractivity contribution is 6.32. The van der Waals surface area contributed by atoms with Gasteiger partial charge in [-0.2, -0.15) is 0 Å². The van der Waals surface area contributed by atoms with Crippen LogP contribution in [0.1, 0.15) is 12.5 Å². The molecule has 0 fully saturated rings. The molecule has 0 saturated carbocycles. The van der Waals surface area contributed by atoms with Gasteiger partial charge in [-0.3, -0.25) is 14.9 Å². The van der Waals surface area contributed by atoms with Crippen LogP contribution in [0.2, 0.25) is 5.02 Å². The zero-order valence-electron chi connectivity index (χ0n) is 13.2. The number of halogens is 2. The Hall–Kier alpha value is -2.93. The van der Waals surface area contributed by atoms with E-state index >= 15 is 0 Å². The maximum Gasteiger partial charge on any atom is 0.296 e. The summed E-state index contributed by atoms with van der Waals surface area (Å²) in [6.07, 6.45) is 2.25. The molecule has 8 heteroatoms. The summed E-state index contributed by atoms with van der Waals surface area (Å²) in [6, 6.07) is 8.23. The molecule has 25 heavy (non-hydrogen) atoms. The lowest BCUT2D eigenvalue weighted by Gasteiger charge is -2.07. The van der Waals surface area contributed by atoms with Crippen LogP contribution in [0.3, 0.4) is 0 Å². The van der Waals surface area contributed by atoms with Gasteiger partial charge in [0.2, 0.25) is 5.91 Å². The van der Waals surface area contributed by atoms with Crippen molar-refractivity contribution in [2.75, 3.05) is 11.9 Å². The normalized spacial score (nSPS) is 10.7. The van der Waals surface area contributed by atoms with Gasteiger partial charge < -0.3 is 10.1 Å². The predicted molar refractivity (Wildman–Crippen MR) is 93.3 cm³/mol. The summed E-state index contributed by atoms with van der Waals surface area (Å²) in [5.41, 5.74) is -0.250. The first-order chi connectivity index (χ1) is 11.9. The molecule has 2 rings (SSSR count). The number of rotatable bonds is 6. The van der Waals surface area contributed by atoms with E-state index in [1.807, 2.05) is 0 Å². The lowest BCUT2D eigenvalue weighted by Crippen LogP contribution is -2.10. The Morgan fingerprint density at radius 3 is 2.80 bits per heavy atom. The smallest absolute Gasteiger partial charge is 0.296 e. The average molecular weight is 365 g/mol. The van der Waals surface area contributed by atoms with Crippen molar-refractivity contribution < 1.29 is 18.8 Å². The third-order valence-corrected chi connectivity index (χ3v) is 3.47. The Kier molecular flexibility index (Phi) is 6.08. The van der Waals surface area contributed by atoms with Crippen LogP contribution < -0.4 is 10.1 Å². The fourth-order valence-corrected chi connectivity index (χ4v) is 2.25. The number of anilines is 1. The summed E-state index contributed by atoms with van der Waals surface area (Å²) in [5, 5.41) is 13.7. The van der Waals surface area contributed by atoms with E-state index in [-0.39, 0.29) is 22.0 Å². The molecule has 2 aromatic carbocycles. The SMILES string of the molecule is CCOc1ccc(NC(=O)/C=C/c2c(F)cccc2Cl)c([N+](=O)[O-])c1. The molecule has 1 amide bonds. The van der Waals surface area contributed by atoms with Crippen molar-refractivity contribution in [1.82, 2.24) is 0 Å². The Morgan fingerprint density at radius 2 is 2.16 bits per heavy atom. The number of nitrogens with one attached hydrogen (secondary N) is 1. The van der Waals surface area contributed by atoms with E-state index in [4.69, 9.17) is 16.3 Å². The topological polar surface area (TPSA) is 81.5 Å². The molecule has 0 spiro atoms. The summed E-state index contributed by atoms with van der Waals surface area (Å²) in [4.78, 5) is 22.5. The number of hydrogen-bond acceptors (Lipinski definition) is 4. The minimum atomic E-state index is -0.661. The number of hydrogen-bond donors (Lipinski definition) is 1. The number of ether oxygens (including phenoxy) is 1. The van der Waals surface area contributed by atoms with Gasteiger partial charge in [-0.15, -0.1) is 0 Å². The summed E-state index contributed by atoms with van der Waals surface area (Å²) < 4.78 is 18.8. The van der Waals surface area contributed by atoms with E-state index in [1.165, 1.54) is 42.5 Å². The molecular formula is C17H14ClFN2O4. The van der Waals surface area contributed by atoms with E-state index in [2.05, 4.69) is 5.32 Å².